The number of nitrogens with zero attached hydrogens (tertiary/aromatic N) is 4. The van der Waals surface area contributed by atoms with Gasteiger partial charge in [-0.25, -0.2) is 4.98 Å². The van der Waals surface area contributed by atoms with Gasteiger partial charge in [-0.05, 0) is 35.4 Å². The smallest absolute Gasteiger partial charge is 0.254 e. The molecule has 11 heteroatoms. The highest BCUT2D eigenvalue weighted by atomic mass is 35.5. The number of carbonyl (C=O) groups is 1. The minimum absolute atomic E-state index is 0.0954. The summed E-state index contributed by atoms with van der Waals surface area (Å²) in [5.41, 5.74) is 3.50. The normalized spacial score (nSPS) is 17.1. The Bertz CT molecular complexity index is 1600. The van der Waals surface area contributed by atoms with Crippen LogP contribution in [0.1, 0.15) is 21.5 Å². The zero-order chi connectivity index (χ0) is 27.6. The lowest BCUT2D eigenvalue weighted by molar-refractivity contribution is 0.0341. The zero-order valence-corrected chi connectivity index (χ0v) is 24.5. The van der Waals surface area contributed by atoms with Gasteiger partial charge in [0.1, 0.15) is 11.9 Å². The molecule has 1 unspecified atom stereocenters. The van der Waals surface area contributed by atoms with Crippen molar-refractivity contribution in [1.82, 2.24) is 24.3 Å². The first-order valence-electron chi connectivity index (χ1n) is 13.2. The van der Waals surface area contributed by atoms with Gasteiger partial charge in [0.05, 0.1) is 35.3 Å². The fraction of sp³-hybridized carbons (Fsp3) is 0.345. The summed E-state index contributed by atoms with van der Waals surface area (Å²) in [6.45, 7) is 4.98. The van der Waals surface area contributed by atoms with Gasteiger partial charge < -0.3 is 23.9 Å². The van der Waals surface area contributed by atoms with Crippen LogP contribution in [0.15, 0.2) is 60.1 Å². The Hall–Kier alpha value is -2.89. The Morgan fingerprint density at radius 2 is 2.00 bits per heavy atom. The summed E-state index contributed by atoms with van der Waals surface area (Å²) in [5.74, 6) is 1.33. The highest BCUT2D eigenvalue weighted by molar-refractivity contribution is 7.99. The molecule has 4 aromatic rings. The van der Waals surface area contributed by atoms with Crippen molar-refractivity contribution >= 4 is 52.4 Å². The van der Waals surface area contributed by atoms with Crippen molar-refractivity contribution in [3.05, 3.63) is 81.2 Å². The van der Waals surface area contributed by atoms with E-state index >= 15 is 0 Å². The second-order valence-corrected chi connectivity index (χ2v) is 11.9. The van der Waals surface area contributed by atoms with E-state index in [2.05, 4.69) is 31.9 Å². The van der Waals surface area contributed by atoms with Gasteiger partial charge in [-0.1, -0.05) is 47.7 Å². The molecule has 40 heavy (non-hydrogen) atoms. The van der Waals surface area contributed by atoms with Crippen LogP contribution >= 0.6 is 35.6 Å². The van der Waals surface area contributed by atoms with Gasteiger partial charge in [0.25, 0.3) is 5.91 Å². The van der Waals surface area contributed by atoms with Crippen LogP contribution in [0.5, 0.6) is 5.75 Å². The van der Waals surface area contributed by atoms with Crippen molar-refractivity contribution < 1.29 is 14.3 Å². The van der Waals surface area contributed by atoms with E-state index in [1.807, 2.05) is 48.3 Å². The highest BCUT2D eigenvalue weighted by Gasteiger charge is 2.26. The average Bonchev–Trinajstić information content (AvgIpc) is 3.38. The van der Waals surface area contributed by atoms with E-state index in [9.17, 15) is 4.79 Å². The number of aryl methyl sites for hydroxylation is 1. The second-order valence-electron chi connectivity index (χ2n) is 10.1. The quantitative estimate of drug-likeness (QED) is 0.225. The summed E-state index contributed by atoms with van der Waals surface area (Å²) in [6, 6.07) is 11.7. The Morgan fingerprint density at radius 3 is 2.75 bits per heavy atom. The molecular weight excluding hydrogens is 566 g/mol. The summed E-state index contributed by atoms with van der Waals surface area (Å²) >= 11 is 13.6. The summed E-state index contributed by atoms with van der Waals surface area (Å²) in [5, 5.41) is 5.50. The number of hydrogen-bond donors (Lipinski definition) is 1. The van der Waals surface area contributed by atoms with Crippen LogP contribution in [-0.4, -0.2) is 63.1 Å². The first kappa shape index (κ1) is 27.3. The molecule has 0 spiro atoms. The van der Waals surface area contributed by atoms with Gasteiger partial charge in [0.15, 0.2) is 5.16 Å². The van der Waals surface area contributed by atoms with Crippen molar-refractivity contribution in [3.8, 4) is 5.75 Å². The minimum Gasteiger partial charge on any atom is -0.485 e. The van der Waals surface area contributed by atoms with Crippen LogP contribution in [-0.2, 0) is 31.4 Å². The largest absolute Gasteiger partial charge is 0.485 e. The van der Waals surface area contributed by atoms with E-state index in [0.29, 0.717) is 28.2 Å². The SMILES string of the molecule is Cn1ccnc1SCC1Cn2cc(C(=O)NCc3ccc(Cl)cc3)c(=S)c3cc(CN4CCOCC4)cc(c32)O1. The van der Waals surface area contributed by atoms with E-state index < -0.39 is 0 Å². The molecule has 0 aliphatic carbocycles. The molecule has 0 bridgehead atoms. The number of aromatic nitrogens is 3. The number of morpholine rings is 1. The van der Waals surface area contributed by atoms with Gasteiger partial charge in [-0.2, -0.15) is 0 Å². The lowest BCUT2D eigenvalue weighted by atomic mass is 10.0. The van der Waals surface area contributed by atoms with Gasteiger partial charge in [-0.15, -0.1) is 0 Å². The molecule has 208 valence electrons. The molecule has 1 fully saturated rings. The first-order valence-corrected chi connectivity index (χ1v) is 15.0. The van der Waals surface area contributed by atoms with Crippen molar-refractivity contribution in [3.63, 3.8) is 0 Å². The van der Waals surface area contributed by atoms with E-state index in [0.717, 1.165) is 71.5 Å². The maximum Gasteiger partial charge on any atom is 0.254 e. The number of nitrogens with one attached hydrogen (secondary N) is 1. The molecule has 2 aliphatic rings. The number of pyridine rings is 1. The molecule has 1 N–H and O–H groups in total. The van der Waals surface area contributed by atoms with Crippen LogP contribution in [0.25, 0.3) is 10.9 Å². The number of ether oxygens (including phenoxy) is 2. The maximum atomic E-state index is 13.4. The molecule has 2 aliphatic heterocycles. The lowest BCUT2D eigenvalue weighted by Crippen LogP contribution is -2.35. The van der Waals surface area contributed by atoms with Crippen LogP contribution in [0.2, 0.25) is 5.02 Å². The molecule has 1 atom stereocenters. The topological polar surface area (TPSA) is 73.6 Å². The third-order valence-electron chi connectivity index (χ3n) is 7.19. The van der Waals surface area contributed by atoms with E-state index in [1.54, 1.807) is 18.0 Å². The molecule has 0 radical (unpaired) electrons. The Kier molecular flexibility index (Phi) is 8.13. The molecular formula is C29H30ClN5O3S2. The standard InChI is InChI=1S/C29H30ClN5O3S2/c1-33-7-6-31-29(33)40-18-22-16-35-17-24(28(36)32-14-19-2-4-21(30)5-3-19)27(39)23-12-20(13-25(38-22)26(23)35)15-34-8-10-37-11-9-34/h2-7,12-13,17,22H,8-11,14-16,18H2,1H3,(H,32,36). The average molecular weight is 596 g/mol. The van der Waals surface area contributed by atoms with E-state index in [-0.39, 0.29) is 12.0 Å². The maximum absolute atomic E-state index is 13.4. The van der Waals surface area contributed by atoms with Gasteiger partial charge in [0.2, 0.25) is 0 Å². The molecule has 2 aromatic carbocycles. The zero-order valence-electron chi connectivity index (χ0n) is 22.1. The Labute approximate surface area is 247 Å². The summed E-state index contributed by atoms with van der Waals surface area (Å²) < 4.78 is 16.8. The predicted molar refractivity (Wildman–Crippen MR) is 160 cm³/mol. The highest BCUT2D eigenvalue weighted by Crippen LogP contribution is 2.35. The van der Waals surface area contributed by atoms with E-state index in [1.165, 1.54) is 0 Å². The third kappa shape index (κ3) is 5.91. The van der Waals surface area contributed by atoms with E-state index in [4.69, 9.17) is 33.3 Å². The fourth-order valence-electron chi connectivity index (χ4n) is 5.12. The number of carbonyl (C=O) groups excluding carboxylic acids is 1. The van der Waals surface area contributed by atoms with Gasteiger partial charge in [-0.3, -0.25) is 9.69 Å². The molecule has 4 heterocycles. The Morgan fingerprint density at radius 1 is 1.20 bits per heavy atom. The molecule has 6 rings (SSSR count). The number of imidazole rings is 1. The monoisotopic (exact) mass is 595 g/mol. The van der Waals surface area contributed by atoms with Crippen molar-refractivity contribution in [1.29, 1.82) is 0 Å². The van der Waals surface area contributed by atoms with Crippen molar-refractivity contribution in [2.45, 2.75) is 30.9 Å². The van der Waals surface area contributed by atoms with Crippen molar-refractivity contribution in [2.24, 2.45) is 7.05 Å². The van der Waals surface area contributed by atoms with Crippen LogP contribution < -0.4 is 10.1 Å². The second kappa shape index (κ2) is 11.9. The summed E-state index contributed by atoms with van der Waals surface area (Å²) in [7, 11) is 1.99. The predicted octanol–water partition coefficient (Wildman–Crippen LogP) is 5.07. The minimum atomic E-state index is -0.198. The fourth-order valence-corrected chi connectivity index (χ4v) is 6.46. The number of rotatable bonds is 8. The van der Waals surface area contributed by atoms with Gasteiger partial charge >= 0.3 is 0 Å². The molecule has 1 saturated heterocycles. The van der Waals surface area contributed by atoms with Crippen LogP contribution in [0.4, 0.5) is 0 Å². The van der Waals surface area contributed by atoms with Crippen LogP contribution in [0, 0.1) is 4.51 Å². The number of thioether (sulfide) groups is 1. The molecule has 1 amide bonds. The van der Waals surface area contributed by atoms with Gasteiger partial charge in [0, 0.05) is 68.0 Å². The lowest BCUT2D eigenvalue weighted by Gasteiger charge is -2.30. The molecule has 2 aromatic heterocycles. The molecule has 0 saturated carbocycles. The third-order valence-corrected chi connectivity index (χ3v) is 9.07. The molecule has 8 nitrogen and oxygen atoms in total. The van der Waals surface area contributed by atoms with Crippen molar-refractivity contribution in [2.75, 3.05) is 32.1 Å². The van der Waals surface area contributed by atoms with Crippen LogP contribution in [0.3, 0.4) is 0 Å². The number of halogens is 1. The summed E-state index contributed by atoms with van der Waals surface area (Å²) in [6.07, 6.45) is 5.52. The number of amides is 1. The number of hydrogen-bond acceptors (Lipinski definition) is 7. The number of benzene rings is 2. The Balaban J connectivity index is 1.32. The summed E-state index contributed by atoms with van der Waals surface area (Å²) in [4.78, 5) is 20.2. The first-order chi connectivity index (χ1) is 19.4.